The van der Waals surface area contributed by atoms with Gasteiger partial charge in [-0.1, -0.05) is 30.3 Å². The molecular formula is C20H36N4O. The topological polar surface area (TPSA) is 57.7 Å². The van der Waals surface area contributed by atoms with Crippen LogP contribution in [0.15, 0.2) is 35.3 Å². The van der Waals surface area contributed by atoms with Crippen molar-refractivity contribution in [3.05, 3.63) is 35.9 Å². The summed E-state index contributed by atoms with van der Waals surface area (Å²) in [5.74, 6) is 0.862. The molecule has 1 atom stereocenters. The van der Waals surface area contributed by atoms with E-state index in [1.807, 2.05) is 13.0 Å². The van der Waals surface area contributed by atoms with E-state index in [9.17, 15) is 0 Å². The van der Waals surface area contributed by atoms with Crippen molar-refractivity contribution in [2.75, 3.05) is 32.8 Å². The highest BCUT2D eigenvalue weighted by molar-refractivity contribution is 5.79. The van der Waals surface area contributed by atoms with E-state index in [4.69, 9.17) is 9.73 Å². The van der Waals surface area contributed by atoms with E-state index in [0.717, 1.165) is 38.7 Å². The summed E-state index contributed by atoms with van der Waals surface area (Å²) in [5.41, 5.74) is 1.20. The minimum Gasteiger partial charge on any atom is -0.382 e. The number of ether oxygens (including phenoxy) is 1. The highest BCUT2D eigenvalue weighted by atomic mass is 16.5. The molecule has 0 saturated carbocycles. The molecule has 1 rings (SSSR count). The van der Waals surface area contributed by atoms with E-state index in [-0.39, 0.29) is 11.6 Å². The van der Waals surface area contributed by atoms with Crippen LogP contribution in [0.3, 0.4) is 0 Å². The molecule has 142 valence electrons. The van der Waals surface area contributed by atoms with Gasteiger partial charge in [0.05, 0.1) is 6.54 Å². The van der Waals surface area contributed by atoms with Gasteiger partial charge in [-0.25, -0.2) is 0 Å². The molecule has 0 saturated heterocycles. The molecule has 3 N–H and O–H groups in total. The Morgan fingerprint density at radius 3 is 2.52 bits per heavy atom. The largest absolute Gasteiger partial charge is 0.382 e. The zero-order valence-electron chi connectivity index (χ0n) is 16.6. The number of aliphatic imine (C=N–C) groups is 1. The van der Waals surface area contributed by atoms with Crippen LogP contribution in [0.4, 0.5) is 0 Å². The molecule has 0 amide bonds. The van der Waals surface area contributed by atoms with E-state index in [1.165, 1.54) is 5.56 Å². The van der Waals surface area contributed by atoms with Gasteiger partial charge in [0.2, 0.25) is 0 Å². The van der Waals surface area contributed by atoms with Gasteiger partial charge < -0.3 is 20.7 Å². The van der Waals surface area contributed by atoms with Gasteiger partial charge in [-0.3, -0.25) is 4.99 Å². The maximum absolute atomic E-state index is 5.37. The van der Waals surface area contributed by atoms with Gasteiger partial charge in [0.25, 0.3) is 0 Å². The minimum atomic E-state index is -0.0943. The third-order valence-electron chi connectivity index (χ3n) is 3.85. The van der Waals surface area contributed by atoms with Crippen LogP contribution in [0.1, 0.15) is 52.6 Å². The van der Waals surface area contributed by atoms with Crippen molar-refractivity contribution >= 4 is 5.96 Å². The van der Waals surface area contributed by atoms with E-state index < -0.39 is 0 Å². The minimum absolute atomic E-state index is 0.0943. The van der Waals surface area contributed by atoms with Crippen LogP contribution in [0.25, 0.3) is 0 Å². The van der Waals surface area contributed by atoms with Gasteiger partial charge in [-0.2, -0.15) is 0 Å². The fourth-order valence-corrected chi connectivity index (χ4v) is 2.60. The first-order valence-corrected chi connectivity index (χ1v) is 9.41. The zero-order chi connectivity index (χ0) is 18.5. The smallest absolute Gasteiger partial charge is 0.191 e. The van der Waals surface area contributed by atoms with Crippen molar-refractivity contribution in [1.82, 2.24) is 16.0 Å². The Labute approximate surface area is 153 Å². The lowest BCUT2D eigenvalue weighted by atomic mass is 10.0. The molecule has 0 bridgehead atoms. The van der Waals surface area contributed by atoms with Gasteiger partial charge in [-0.05, 0) is 46.6 Å². The number of benzene rings is 1. The second-order valence-corrected chi connectivity index (χ2v) is 6.83. The quantitative estimate of drug-likeness (QED) is 0.327. The van der Waals surface area contributed by atoms with Gasteiger partial charge in [-0.15, -0.1) is 0 Å². The highest BCUT2D eigenvalue weighted by Gasteiger charge is 2.20. The molecular weight excluding hydrogens is 312 g/mol. The van der Waals surface area contributed by atoms with E-state index in [1.54, 1.807) is 0 Å². The van der Waals surface area contributed by atoms with Crippen molar-refractivity contribution in [2.24, 2.45) is 4.99 Å². The lowest BCUT2D eigenvalue weighted by Gasteiger charge is -2.29. The van der Waals surface area contributed by atoms with E-state index >= 15 is 0 Å². The molecule has 5 nitrogen and oxygen atoms in total. The van der Waals surface area contributed by atoms with Crippen LogP contribution in [0.5, 0.6) is 0 Å². The molecule has 0 spiro atoms. The summed E-state index contributed by atoms with van der Waals surface area (Å²) in [6, 6.07) is 10.8. The number of guanidine groups is 1. The van der Waals surface area contributed by atoms with E-state index in [0.29, 0.717) is 6.54 Å². The number of hydrogen-bond donors (Lipinski definition) is 3. The maximum atomic E-state index is 5.37. The lowest BCUT2D eigenvalue weighted by molar-refractivity contribution is 0.145. The Morgan fingerprint density at radius 1 is 1.16 bits per heavy atom. The Kier molecular flexibility index (Phi) is 10.2. The van der Waals surface area contributed by atoms with Gasteiger partial charge in [0.15, 0.2) is 5.96 Å². The number of hydrogen-bond acceptors (Lipinski definition) is 3. The average Bonchev–Trinajstić information content (AvgIpc) is 2.60. The Morgan fingerprint density at radius 2 is 1.88 bits per heavy atom. The van der Waals surface area contributed by atoms with Crippen molar-refractivity contribution in [3.63, 3.8) is 0 Å². The van der Waals surface area contributed by atoms with Crippen LogP contribution < -0.4 is 16.0 Å². The molecule has 0 aliphatic carbocycles. The molecule has 1 aromatic rings. The van der Waals surface area contributed by atoms with Crippen molar-refractivity contribution in [3.8, 4) is 0 Å². The first-order chi connectivity index (χ1) is 12.0. The summed E-state index contributed by atoms with van der Waals surface area (Å²) in [5, 5.41) is 10.3. The molecule has 0 aliphatic heterocycles. The molecule has 0 aromatic heterocycles. The second-order valence-electron chi connectivity index (χ2n) is 6.83. The van der Waals surface area contributed by atoms with Crippen molar-refractivity contribution in [1.29, 1.82) is 0 Å². The first kappa shape index (κ1) is 21.5. The molecule has 25 heavy (non-hydrogen) atoms. The summed E-state index contributed by atoms with van der Waals surface area (Å²) in [7, 11) is 0. The molecule has 0 heterocycles. The highest BCUT2D eigenvalue weighted by Crippen LogP contribution is 2.16. The zero-order valence-corrected chi connectivity index (χ0v) is 16.6. The van der Waals surface area contributed by atoms with Crippen LogP contribution >= 0.6 is 0 Å². The fourth-order valence-electron chi connectivity index (χ4n) is 2.60. The summed E-state index contributed by atoms with van der Waals surface area (Å²) in [6.07, 6.45) is 0.977. The maximum Gasteiger partial charge on any atom is 0.191 e. The van der Waals surface area contributed by atoms with Crippen LogP contribution in [-0.4, -0.2) is 44.3 Å². The van der Waals surface area contributed by atoms with Crippen molar-refractivity contribution in [2.45, 2.75) is 52.6 Å². The first-order valence-electron chi connectivity index (χ1n) is 9.41. The average molecular weight is 349 g/mol. The molecule has 0 fully saturated rings. The predicted molar refractivity (Wildman–Crippen MR) is 107 cm³/mol. The monoisotopic (exact) mass is 348 g/mol. The number of nitrogens with one attached hydrogen (secondary N) is 3. The molecule has 1 unspecified atom stereocenters. The van der Waals surface area contributed by atoms with Gasteiger partial charge in [0.1, 0.15) is 0 Å². The Hall–Kier alpha value is -1.59. The molecule has 0 radical (unpaired) electrons. The third kappa shape index (κ3) is 9.46. The van der Waals surface area contributed by atoms with Crippen LogP contribution in [0.2, 0.25) is 0 Å². The Bertz CT molecular complexity index is 488. The number of rotatable bonds is 11. The van der Waals surface area contributed by atoms with E-state index in [2.05, 4.69) is 67.9 Å². The number of nitrogens with zero attached hydrogens (tertiary/aromatic N) is 1. The second kappa shape index (κ2) is 11.9. The predicted octanol–water partition coefficient (Wildman–Crippen LogP) is 3.10. The SMILES string of the molecule is CCNC(=NCC(C)(C)NC(C)c1ccccc1)NCCCOCC. The molecule has 0 aliphatic rings. The summed E-state index contributed by atoms with van der Waals surface area (Å²) >= 11 is 0. The summed E-state index contributed by atoms with van der Waals surface area (Å²) in [6.45, 7) is 14.6. The van der Waals surface area contributed by atoms with Crippen LogP contribution in [-0.2, 0) is 4.74 Å². The molecule has 1 aromatic carbocycles. The summed E-state index contributed by atoms with van der Waals surface area (Å²) in [4.78, 5) is 4.74. The summed E-state index contributed by atoms with van der Waals surface area (Å²) < 4.78 is 5.37. The standard InChI is InChI=1S/C20H36N4O/c1-6-21-19(22-14-11-15-25-7-2)23-16-20(4,5)24-17(3)18-12-9-8-10-13-18/h8-10,12-13,17,24H,6-7,11,14-16H2,1-5H3,(H2,21,22,23). The van der Waals surface area contributed by atoms with Crippen LogP contribution in [0, 0.1) is 0 Å². The normalized spacial score (nSPS) is 13.6. The Balaban J connectivity index is 2.51. The van der Waals surface area contributed by atoms with Crippen molar-refractivity contribution < 1.29 is 4.74 Å². The molecule has 5 heteroatoms. The van der Waals surface area contributed by atoms with Gasteiger partial charge in [0, 0.05) is 37.9 Å². The lowest BCUT2D eigenvalue weighted by Crippen LogP contribution is -2.45. The van der Waals surface area contributed by atoms with Gasteiger partial charge >= 0.3 is 0 Å². The third-order valence-corrected chi connectivity index (χ3v) is 3.85. The fraction of sp³-hybridized carbons (Fsp3) is 0.650.